The normalized spacial score (nSPS) is 10.7. The van der Waals surface area contributed by atoms with Gasteiger partial charge in [0.1, 0.15) is 0 Å². The van der Waals surface area contributed by atoms with Crippen LogP contribution in [0.4, 0.5) is 0 Å². The number of ether oxygens (including phenoxy) is 1. The van der Waals surface area contributed by atoms with Gasteiger partial charge in [-0.05, 0) is 44.2 Å². The van der Waals surface area contributed by atoms with Crippen molar-refractivity contribution < 1.29 is 14.3 Å². The van der Waals surface area contributed by atoms with Gasteiger partial charge < -0.3 is 9.30 Å². The third-order valence-corrected chi connectivity index (χ3v) is 5.59. The smallest absolute Gasteiger partial charge is 0.337 e. The Balaban J connectivity index is 2.05. The summed E-state index contributed by atoms with van der Waals surface area (Å²) in [4.78, 5) is 63.2. The van der Waals surface area contributed by atoms with Gasteiger partial charge in [0, 0.05) is 22.6 Å². The van der Waals surface area contributed by atoms with E-state index in [1.807, 2.05) is 11.5 Å². The number of aromatic nitrogens is 4. The van der Waals surface area contributed by atoms with Gasteiger partial charge in [0.25, 0.3) is 0 Å². The Morgan fingerprint density at radius 3 is 1.89 bits per heavy atom. The van der Waals surface area contributed by atoms with Crippen molar-refractivity contribution in [3.05, 3.63) is 110 Å². The van der Waals surface area contributed by atoms with E-state index in [2.05, 4.69) is 13.2 Å². The number of carbonyl (C=O) groups excluding carboxylic acids is 2. The van der Waals surface area contributed by atoms with E-state index < -0.39 is 35.4 Å². The zero-order chi connectivity index (χ0) is 25.9. The first-order valence-electron chi connectivity index (χ1n) is 10.7. The molecule has 0 saturated heterocycles. The van der Waals surface area contributed by atoms with Gasteiger partial charge in [0.2, 0.25) is 0 Å². The lowest BCUT2D eigenvalue weighted by molar-refractivity contribution is 0.0600. The van der Waals surface area contributed by atoms with Gasteiger partial charge >= 0.3 is 23.0 Å². The van der Waals surface area contributed by atoms with Crippen LogP contribution in [0.2, 0.25) is 0 Å². The molecule has 0 aliphatic heterocycles. The van der Waals surface area contributed by atoms with Crippen LogP contribution in [0.15, 0.2) is 70.0 Å². The van der Waals surface area contributed by atoms with Gasteiger partial charge in [-0.2, -0.15) is 0 Å². The average Bonchev–Trinajstić information content (AvgIpc) is 3.15. The van der Waals surface area contributed by atoms with Gasteiger partial charge in [-0.3, -0.25) is 4.79 Å². The number of allylic oxidation sites excluding steroid dienone is 2. The first-order valence-corrected chi connectivity index (χ1v) is 10.7. The minimum Gasteiger partial charge on any atom is -0.465 e. The van der Waals surface area contributed by atoms with Crippen LogP contribution in [-0.2, 0) is 24.4 Å². The largest absolute Gasteiger partial charge is 0.465 e. The van der Waals surface area contributed by atoms with Crippen molar-refractivity contribution in [1.82, 2.24) is 18.3 Å². The van der Waals surface area contributed by atoms with Crippen molar-refractivity contribution in [2.75, 3.05) is 7.11 Å². The standard InChI is InChI=1S/C25H26N4O6/c1-6-12-26-23(32)27(13-7-2)25(34)28(24(26)33)15-21(30)20-14-16(3)29(17(20)4)19-10-8-18(9-11-19)22(31)35-5/h6-11,14H,1-2,12-13,15H2,3-5H3. The maximum atomic E-state index is 13.2. The fourth-order valence-electron chi connectivity index (χ4n) is 3.92. The van der Waals surface area contributed by atoms with Crippen LogP contribution < -0.4 is 17.1 Å². The Kier molecular flexibility index (Phi) is 7.34. The molecule has 1 aromatic carbocycles. The summed E-state index contributed by atoms with van der Waals surface area (Å²) in [5.41, 5.74) is 0.194. The third-order valence-electron chi connectivity index (χ3n) is 5.59. The predicted octanol–water partition coefficient (Wildman–Crippen LogP) is 1.62. The number of ketones is 1. The number of benzene rings is 1. The molecule has 2 aromatic heterocycles. The Morgan fingerprint density at radius 2 is 1.40 bits per heavy atom. The molecular weight excluding hydrogens is 452 g/mol. The third kappa shape index (κ3) is 4.63. The Bertz CT molecular complexity index is 1450. The minimum absolute atomic E-state index is 0.112. The first kappa shape index (κ1) is 25.2. The van der Waals surface area contributed by atoms with E-state index in [1.165, 1.54) is 19.3 Å². The molecule has 0 radical (unpaired) electrons. The van der Waals surface area contributed by atoms with Gasteiger partial charge in [0.05, 0.1) is 32.3 Å². The molecule has 10 heteroatoms. The lowest BCUT2D eigenvalue weighted by Crippen LogP contribution is -2.55. The molecular formula is C25H26N4O6. The number of nitrogens with zero attached hydrogens (tertiary/aromatic N) is 4. The molecule has 35 heavy (non-hydrogen) atoms. The molecule has 2 heterocycles. The maximum absolute atomic E-state index is 13.2. The number of esters is 1. The summed E-state index contributed by atoms with van der Waals surface area (Å²) in [7, 11) is 1.30. The molecule has 3 rings (SSSR count). The molecule has 0 amide bonds. The number of hydrogen-bond acceptors (Lipinski definition) is 6. The van der Waals surface area contributed by atoms with Crippen molar-refractivity contribution in [3.8, 4) is 5.69 Å². The van der Waals surface area contributed by atoms with Crippen LogP contribution in [-0.4, -0.2) is 37.1 Å². The van der Waals surface area contributed by atoms with Crippen LogP contribution in [0, 0.1) is 13.8 Å². The summed E-state index contributed by atoms with van der Waals surface area (Å²) in [5.74, 6) is -0.928. The molecule has 0 N–H and O–H groups in total. The molecule has 0 aliphatic rings. The number of rotatable bonds is 9. The van der Waals surface area contributed by atoms with Crippen LogP contribution in [0.25, 0.3) is 5.69 Å². The number of methoxy groups -OCH3 is 1. The quantitative estimate of drug-likeness (QED) is 0.262. The highest BCUT2D eigenvalue weighted by Gasteiger charge is 2.21. The Hall–Kier alpha value is -4.47. The van der Waals surface area contributed by atoms with Crippen LogP contribution in [0.1, 0.15) is 32.1 Å². The summed E-state index contributed by atoms with van der Waals surface area (Å²) in [6.45, 7) is 9.86. The SMILES string of the molecule is C=CCn1c(=O)n(CC=C)c(=O)n(CC(=O)c2cc(C)n(-c3ccc(C(=O)OC)cc3)c2C)c1=O. The summed E-state index contributed by atoms with van der Waals surface area (Å²) >= 11 is 0. The summed E-state index contributed by atoms with van der Waals surface area (Å²) in [5, 5.41) is 0. The van der Waals surface area contributed by atoms with Gasteiger partial charge in [-0.15, -0.1) is 13.2 Å². The first-order chi connectivity index (χ1) is 16.7. The van der Waals surface area contributed by atoms with Crippen LogP contribution in [0.3, 0.4) is 0 Å². The van der Waals surface area contributed by atoms with Crippen molar-refractivity contribution in [2.45, 2.75) is 33.5 Å². The van der Waals surface area contributed by atoms with E-state index in [0.29, 0.717) is 16.8 Å². The topological polar surface area (TPSA) is 114 Å². The molecule has 0 bridgehead atoms. The Morgan fingerprint density at radius 1 is 0.886 bits per heavy atom. The lowest BCUT2D eigenvalue weighted by atomic mass is 10.1. The minimum atomic E-state index is -0.888. The van der Waals surface area contributed by atoms with E-state index in [9.17, 15) is 24.0 Å². The fraction of sp³-hybridized carbons (Fsp3) is 0.240. The Labute approximate surface area is 200 Å². The van der Waals surface area contributed by atoms with E-state index >= 15 is 0 Å². The second-order valence-electron chi connectivity index (χ2n) is 7.81. The van der Waals surface area contributed by atoms with E-state index in [0.717, 1.165) is 25.1 Å². The molecule has 10 nitrogen and oxygen atoms in total. The maximum Gasteiger partial charge on any atom is 0.337 e. The monoisotopic (exact) mass is 478 g/mol. The second-order valence-corrected chi connectivity index (χ2v) is 7.81. The zero-order valence-corrected chi connectivity index (χ0v) is 19.8. The van der Waals surface area contributed by atoms with Gasteiger partial charge in [-0.25, -0.2) is 32.9 Å². The van der Waals surface area contributed by atoms with Crippen molar-refractivity contribution in [3.63, 3.8) is 0 Å². The highest BCUT2D eigenvalue weighted by atomic mass is 16.5. The van der Waals surface area contributed by atoms with Crippen molar-refractivity contribution in [2.24, 2.45) is 0 Å². The second kappa shape index (κ2) is 10.2. The lowest BCUT2D eigenvalue weighted by Gasteiger charge is -2.12. The highest BCUT2D eigenvalue weighted by molar-refractivity contribution is 5.97. The fourth-order valence-corrected chi connectivity index (χ4v) is 3.92. The van der Waals surface area contributed by atoms with E-state index in [4.69, 9.17) is 4.74 Å². The predicted molar refractivity (Wildman–Crippen MR) is 131 cm³/mol. The molecule has 0 spiro atoms. The zero-order valence-electron chi connectivity index (χ0n) is 19.8. The number of Topliss-reactive ketones (excluding diaryl/α,β-unsaturated/α-hetero) is 1. The number of carbonyl (C=O) groups is 2. The number of hydrogen-bond donors (Lipinski definition) is 0. The molecule has 0 unspecified atom stereocenters. The van der Waals surface area contributed by atoms with Crippen LogP contribution in [0.5, 0.6) is 0 Å². The summed E-state index contributed by atoms with van der Waals surface area (Å²) in [6.07, 6.45) is 2.72. The van der Waals surface area contributed by atoms with Crippen molar-refractivity contribution in [1.29, 1.82) is 0 Å². The van der Waals surface area contributed by atoms with E-state index in [-0.39, 0.29) is 13.1 Å². The molecule has 182 valence electrons. The molecule has 0 atom stereocenters. The highest BCUT2D eigenvalue weighted by Crippen LogP contribution is 2.22. The molecule has 0 saturated carbocycles. The molecule has 0 aliphatic carbocycles. The molecule has 0 fully saturated rings. The number of aryl methyl sites for hydroxylation is 1. The summed E-state index contributed by atoms with van der Waals surface area (Å²) < 4.78 is 8.98. The van der Waals surface area contributed by atoms with Gasteiger partial charge in [0.15, 0.2) is 5.78 Å². The summed E-state index contributed by atoms with van der Waals surface area (Å²) in [6, 6.07) is 8.35. The van der Waals surface area contributed by atoms with Crippen LogP contribution >= 0.6 is 0 Å². The average molecular weight is 479 g/mol. The van der Waals surface area contributed by atoms with Crippen molar-refractivity contribution >= 4 is 11.8 Å². The van der Waals surface area contributed by atoms with E-state index in [1.54, 1.807) is 37.3 Å². The molecule has 3 aromatic rings. The van der Waals surface area contributed by atoms with Gasteiger partial charge in [-0.1, -0.05) is 12.2 Å².